The topological polar surface area (TPSA) is 151 Å². The van der Waals surface area contributed by atoms with Gasteiger partial charge in [0.25, 0.3) is 0 Å². The number of hydrogen-bond acceptors (Lipinski definition) is 6. The van der Waals surface area contributed by atoms with E-state index in [0.717, 1.165) is 0 Å². The Kier molecular flexibility index (Phi) is 15.1. The standard InChI is InChI=1S/C23H44N4O5S/c1-13(2)10-16(24)20(28)25-17(8-9-33-7)21(29)26-18(11-14(3)4)22(30)27-19(23(31)32)12-15(5)6/h13-19H,8-12,24H2,1-7H3,(H,25,28)(H,26,29)(H,27,30)(H,31,32). The highest BCUT2D eigenvalue weighted by molar-refractivity contribution is 7.98. The molecule has 0 bridgehead atoms. The Balaban J connectivity index is 5.45. The fourth-order valence-electron chi connectivity index (χ4n) is 3.34. The Bertz CT molecular complexity index is 642. The molecular weight excluding hydrogens is 444 g/mol. The molecule has 3 amide bonds. The van der Waals surface area contributed by atoms with Gasteiger partial charge in [0.1, 0.15) is 18.1 Å². The van der Waals surface area contributed by atoms with Crippen LogP contribution in [0.5, 0.6) is 0 Å². The number of thioether (sulfide) groups is 1. The molecule has 4 atom stereocenters. The third-order valence-electron chi connectivity index (χ3n) is 4.97. The van der Waals surface area contributed by atoms with Crippen molar-refractivity contribution >= 4 is 35.5 Å². The Morgan fingerprint density at radius 3 is 1.61 bits per heavy atom. The molecule has 0 aliphatic rings. The molecule has 0 saturated heterocycles. The lowest BCUT2D eigenvalue weighted by molar-refractivity contribution is -0.143. The van der Waals surface area contributed by atoms with Crippen molar-refractivity contribution in [2.45, 2.75) is 91.4 Å². The lowest BCUT2D eigenvalue weighted by Gasteiger charge is -2.26. The second kappa shape index (κ2) is 15.9. The first-order valence-corrected chi connectivity index (χ1v) is 13.1. The number of amides is 3. The molecule has 33 heavy (non-hydrogen) atoms. The number of hydrogen-bond donors (Lipinski definition) is 5. The predicted octanol–water partition coefficient (Wildman–Crippen LogP) is 1.74. The summed E-state index contributed by atoms with van der Waals surface area (Å²) < 4.78 is 0. The van der Waals surface area contributed by atoms with E-state index in [-0.39, 0.29) is 24.2 Å². The van der Waals surface area contributed by atoms with Gasteiger partial charge >= 0.3 is 5.97 Å². The fourth-order valence-corrected chi connectivity index (χ4v) is 3.81. The maximum Gasteiger partial charge on any atom is 0.326 e. The van der Waals surface area contributed by atoms with E-state index >= 15 is 0 Å². The van der Waals surface area contributed by atoms with Gasteiger partial charge < -0.3 is 26.8 Å². The summed E-state index contributed by atoms with van der Waals surface area (Å²) in [5.41, 5.74) is 5.96. The van der Waals surface area contributed by atoms with Crippen LogP contribution < -0.4 is 21.7 Å². The average Bonchev–Trinajstić information content (AvgIpc) is 2.68. The van der Waals surface area contributed by atoms with Crippen molar-refractivity contribution < 1.29 is 24.3 Å². The number of carboxylic acid groups (broad SMARTS) is 1. The molecule has 10 heteroatoms. The minimum absolute atomic E-state index is 0.0747. The number of carboxylic acids is 1. The normalized spacial score (nSPS) is 15.1. The van der Waals surface area contributed by atoms with Crippen LogP contribution in [-0.4, -0.2) is 65.0 Å². The molecule has 0 radical (unpaired) electrons. The third kappa shape index (κ3) is 13.5. The molecular formula is C23H44N4O5S. The van der Waals surface area contributed by atoms with Crippen molar-refractivity contribution in [3.63, 3.8) is 0 Å². The molecule has 0 aromatic rings. The van der Waals surface area contributed by atoms with Crippen molar-refractivity contribution in [1.29, 1.82) is 0 Å². The van der Waals surface area contributed by atoms with Gasteiger partial charge in [0.05, 0.1) is 6.04 Å². The second-order valence-corrected chi connectivity index (χ2v) is 10.8. The summed E-state index contributed by atoms with van der Waals surface area (Å²) in [6.07, 6.45) is 3.39. The predicted molar refractivity (Wildman–Crippen MR) is 133 cm³/mol. The smallest absolute Gasteiger partial charge is 0.326 e. The minimum atomic E-state index is -1.11. The quantitative estimate of drug-likeness (QED) is 0.222. The number of rotatable bonds is 16. The number of carbonyl (C=O) groups excluding carboxylic acids is 3. The maximum atomic E-state index is 13.1. The molecule has 0 saturated carbocycles. The average molecular weight is 489 g/mol. The Morgan fingerprint density at radius 1 is 0.727 bits per heavy atom. The van der Waals surface area contributed by atoms with E-state index in [1.807, 2.05) is 47.8 Å². The first-order chi connectivity index (χ1) is 15.3. The number of nitrogens with one attached hydrogen (secondary N) is 3. The maximum absolute atomic E-state index is 13.1. The molecule has 0 aliphatic carbocycles. The van der Waals surface area contributed by atoms with Crippen LogP contribution in [-0.2, 0) is 19.2 Å². The molecule has 0 rings (SSSR count). The van der Waals surface area contributed by atoms with E-state index in [2.05, 4.69) is 16.0 Å². The molecule has 0 aromatic carbocycles. The van der Waals surface area contributed by atoms with Crippen molar-refractivity contribution in [2.75, 3.05) is 12.0 Å². The van der Waals surface area contributed by atoms with Gasteiger partial charge in [0.15, 0.2) is 0 Å². The first-order valence-electron chi connectivity index (χ1n) is 11.7. The summed E-state index contributed by atoms with van der Waals surface area (Å²) >= 11 is 1.54. The molecule has 6 N–H and O–H groups in total. The van der Waals surface area contributed by atoms with Crippen LogP contribution in [0.25, 0.3) is 0 Å². The molecule has 0 aliphatic heterocycles. The van der Waals surface area contributed by atoms with Gasteiger partial charge in [-0.25, -0.2) is 4.79 Å². The summed E-state index contributed by atoms with van der Waals surface area (Å²) in [5.74, 6) is -1.53. The third-order valence-corrected chi connectivity index (χ3v) is 5.61. The van der Waals surface area contributed by atoms with Crippen LogP contribution in [0, 0.1) is 17.8 Å². The summed E-state index contributed by atoms with van der Waals surface area (Å²) in [6, 6.07) is -3.51. The SMILES string of the molecule is CSCCC(NC(=O)C(N)CC(C)C)C(=O)NC(CC(C)C)C(=O)NC(CC(C)C)C(=O)O. The first kappa shape index (κ1) is 31.2. The van der Waals surface area contributed by atoms with Gasteiger partial charge in [-0.15, -0.1) is 0 Å². The second-order valence-electron chi connectivity index (χ2n) is 9.80. The highest BCUT2D eigenvalue weighted by atomic mass is 32.2. The zero-order valence-electron chi connectivity index (χ0n) is 21.1. The van der Waals surface area contributed by atoms with Crippen LogP contribution >= 0.6 is 11.8 Å². The van der Waals surface area contributed by atoms with Crippen LogP contribution in [0.1, 0.15) is 67.2 Å². The highest BCUT2D eigenvalue weighted by Crippen LogP contribution is 2.10. The van der Waals surface area contributed by atoms with Gasteiger partial charge in [-0.05, 0) is 55.4 Å². The summed E-state index contributed by atoms with van der Waals surface area (Å²) in [7, 11) is 0. The summed E-state index contributed by atoms with van der Waals surface area (Å²) in [5, 5.41) is 17.5. The van der Waals surface area contributed by atoms with E-state index in [4.69, 9.17) is 5.73 Å². The lowest BCUT2D eigenvalue weighted by atomic mass is 10.00. The zero-order chi connectivity index (χ0) is 25.7. The summed E-state index contributed by atoms with van der Waals surface area (Å²) in [6.45, 7) is 11.5. The van der Waals surface area contributed by atoms with Gasteiger partial charge in [-0.3, -0.25) is 14.4 Å². The largest absolute Gasteiger partial charge is 0.480 e. The number of aliphatic carboxylic acids is 1. The molecule has 0 fully saturated rings. The van der Waals surface area contributed by atoms with E-state index < -0.39 is 47.9 Å². The van der Waals surface area contributed by atoms with Gasteiger partial charge in [-0.1, -0.05) is 41.5 Å². The Labute approximate surface area is 202 Å². The lowest BCUT2D eigenvalue weighted by Crippen LogP contribution is -2.57. The molecule has 9 nitrogen and oxygen atoms in total. The van der Waals surface area contributed by atoms with E-state index in [9.17, 15) is 24.3 Å². The van der Waals surface area contributed by atoms with Crippen LogP contribution in [0.4, 0.5) is 0 Å². The molecule has 0 spiro atoms. The van der Waals surface area contributed by atoms with E-state index in [0.29, 0.717) is 25.0 Å². The van der Waals surface area contributed by atoms with Crippen molar-refractivity contribution in [3.8, 4) is 0 Å². The van der Waals surface area contributed by atoms with Crippen LogP contribution in [0.2, 0.25) is 0 Å². The number of nitrogens with two attached hydrogens (primary N) is 1. The van der Waals surface area contributed by atoms with E-state index in [1.54, 1.807) is 0 Å². The molecule has 4 unspecified atom stereocenters. The van der Waals surface area contributed by atoms with Crippen LogP contribution in [0.3, 0.4) is 0 Å². The zero-order valence-corrected chi connectivity index (χ0v) is 22.0. The van der Waals surface area contributed by atoms with Gasteiger partial charge in [0, 0.05) is 0 Å². The van der Waals surface area contributed by atoms with Gasteiger partial charge in [0.2, 0.25) is 17.7 Å². The Morgan fingerprint density at radius 2 is 1.15 bits per heavy atom. The summed E-state index contributed by atoms with van der Waals surface area (Å²) in [4.78, 5) is 50.0. The molecule has 0 aromatic heterocycles. The van der Waals surface area contributed by atoms with Crippen molar-refractivity contribution in [1.82, 2.24) is 16.0 Å². The fraction of sp³-hybridized carbons (Fsp3) is 0.826. The van der Waals surface area contributed by atoms with Crippen LogP contribution in [0.15, 0.2) is 0 Å². The van der Waals surface area contributed by atoms with E-state index in [1.165, 1.54) is 11.8 Å². The number of carbonyl (C=O) groups is 4. The Hall–Kier alpha value is -1.81. The monoisotopic (exact) mass is 488 g/mol. The minimum Gasteiger partial charge on any atom is -0.480 e. The molecule has 0 heterocycles. The van der Waals surface area contributed by atoms with Gasteiger partial charge in [-0.2, -0.15) is 11.8 Å². The van der Waals surface area contributed by atoms with Crippen molar-refractivity contribution in [2.24, 2.45) is 23.5 Å². The molecule has 192 valence electrons. The highest BCUT2D eigenvalue weighted by Gasteiger charge is 2.30. The van der Waals surface area contributed by atoms with Crippen molar-refractivity contribution in [3.05, 3.63) is 0 Å².